The number of allylic oxidation sites excluding steroid dienone is 1. The lowest BCUT2D eigenvalue weighted by Crippen LogP contribution is -1.87. The van der Waals surface area contributed by atoms with E-state index in [-0.39, 0.29) is 0 Å². The molecule has 0 nitrogen and oxygen atoms in total. The van der Waals surface area contributed by atoms with E-state index >= 15 is 0 Å². The van der Waals surface area contributed by atoms with Crippen molar-refractivity contribution in [3.63, 3.8) is 0 Å². The number of rotatable bonds is 4. The van der Waals surface area contributed by atoms with Gasteiger partial charge in [0.05, 0.1) is 0 Å². The summed E-state index contributed by atoms with van der Waals surface area (Å²) in [7, 11) is 0. The van der Waals surface area contributed by atoms with Crippen molar-refractivity contribution in [1.29, 1.82) is 0 Å². The fraction of sp³-hybridized carbons (Fsp3) is 0.174. The van der Waals surface area contributed by atoms with Crippen molar-refractivity contribution < 1.29 is 0 Å². The third-order valence-corrected chi connectivity index (χ3v) is 4.71. The van der Waals surface area contributed by atoms with Gasteiger partial charge in [0.15, 0.2) is 0 Å². The summed E-state index contributed by atoms with van der Waals surface area (Å²) >= 11 is 0. The van der Waals surface area contributed by atoms with E-state index in [9.17, 15) is 0 Å². The van der Waals surface area contributed by atoms with Crippen LogP contribution in [0.1, 0.15) is 37.3 Å². The van der Waals surface area contributed by atoms with Crippen molar-refractivity contribution in [1.82, 2.24) is 0 Å². The molecule has 1 aliphatic rings. The van der Waals surface area contributed by atoms with Crippen LogP contribution in [0.25, 0.3) is 28.0 Å². The van der Waals surface area contributed by atoms with Gasteiger partial charge in [-0.1, -0.05) is 85.7 Å². The van der Waals surface area contributed by atoms with Crippen LogP contribution in [-0.2, 0) is 0 Å². The molecule has 0 saturated heterocycles. The molecule has 0 amide bonds. The zero-order valence-electron chi connectivity index (χ0n) is 13.5. The van der Waals surface area contributed by atoms with Gasteiger partial charge in [-0.3, -0.25) is 0 Å². The van der Waals surface area contributed by atoms with Crippen LogP contribution in [0, 0.1) is 6.42 Å². The average Bonchev–Trinajstić information content (AvgIpc) is 3.02. The van der Waals surface area contributed by atoms with Crippen molar-refractivity contribution >= 4 is 16.8 Å². The number of fused-ring (bicyclic) bond motifs is 2. The summed E-state index contributed by atoms with van der Waals surface area (Å²) in [4.78, 5) is 0. The zero-order valence-corrected chi connectivity index (χ0v) is 13.5. The first kappa shape index (κ1) is 14.3. The van der Waals surface area contributed by atoms with Gasteiger partial charge in [0.1, 0.15) is 0 Å². The van der Waals surface area contributed by atoms with E-state index in [0.29, 0.717) is 0 Å². The van der Waals surface area contributed by atoms with Crippen LogP contribution in [0.4, 0.5) is 0 Å². The maximum Gasteiger partial charge on any atom is 0.0164 e. The maximum atomic E-state index is 2.39. The number of unbranched alkanes of at least 4 members (excludes halogenated alkanes) is 1. The van der Waals surface area contributed by atoms with Crippen LogP contribution < -0.4 is 0 Å². The predicted molar refractivity (Wildman–Crippen MR) is 100 cm³/mol. The minimum atomic E-state index is 1.18. The molecule has 0 aliphatic heterocycles. The second kappa shape index (κ2) is 6.04. The second-order valence-electron chi connectivity index (χ2n) is 6.30. The molecule has 113 valence electrons. The summed E-state index contributed by atoms with van der Waals surface area (Å²) in [6.45, 7) is 2.25. The van der Waals surface area contributed by atoms with Crippen LogP contribution >= 0.6 is 0 Å². The molecule has 0 aromatic heterocycles. The smallest absolute Gasteiger partial charge is 0.0164 e. The number of benzene rings is 3. The Bertz CT molecular complexity index is 878. The van der Waals surface area contributed by atoms with Gasteiger partial charge >= 0.3 is 0 Å². The lowest BCUT2D eigenvalue weighted by molar-refractivity contribution is 0.797. The monoisotopic (exact) mass is 297 g/mol. The Kier molecular flexibility index (Phi) is 3.75. The summed E-state index contributed by atoms with van der Waals surface area (Å²) in [5.41, 5.74) is 6.90. The van der Waals surface area contributed by atoms with E-state index in [0.717, 1.165) is 0 Å². The molecule has 3 aromatic carbocycles. The highest BCUT2D eigenvalue weighted by Gasteiger charge is 2.17. The highest BCUT2D eigenvalue weighted by Crippen LogP contribution is 2.38. The standard InChI is InChI=1S/C23H21/c1-2-3-8-17-15-19-11-7-14-22(23(19)16-17)21-13-6-10-18-9-4-5-12-20(18)21/h4-7,9-16H,2-3,8H2,1H3. The largest absolute Gasteiger partial charge is 0.0654 e. The maximum absolute atomic E-state index is 2.39. The van der Waals surface area contributed by atoms with Gasteiger partial charge in [0.25, 0.3) is 0 Å². The van der Waals surface area contributed by atoms with Gasteiger partial charge in [-0.25, -0.2) is 0 Å². The molecule has 4 rings (SSSR count). The molecule has 1 radical (unpaired) electrons. The van der Waals surface area contributed by atoms with E-state index in [1.807, 2.05) is 0 Å². The molecule has 1 aliphatic carbocycles. The molecular formula is C23H21. The SMILES string of the molecule is CCCCC1=Cc2c(cccc2-c2cccc3ccccc23)[CH]1. The van der Waals surface area contributed by atoms with Crippen molar-refractivity contribution in [2.45, 2.75) is 26.2 Å². The van der Waals surface area contributed by atoms with Crippen LogP contribution in [0.5, 0.6) is 0 Å². The fourth-order valence-electron chi connectivity index (χ4n) is 3.52. The molecule has 0 unspecified atom stereocenters. The molecule has 0 atom stereocenters. The van der Waals surface area contributed by atoms with Gasteiger partial charge in [0.2, 0.25) is 0 Å². The molecule has 0 N–H and O–H groups in total. The molecule has 0 saturated carbocycles. The lowest BCUT2D eigenvalue weighted by atomic mass is 9.93. The highest BCUT2D eigenvalue weighted by molar-refractivity contribution is 5.99. The van der Waals surface area contributed by atoms with Crippen LogP contribution in [0.2, 0.25) is 0 Å². The predicted octanol–water partition coefficient (Wildman–Crippen LogP) is 6.65. The van der Waals surface area contributed by atoms with Crippen molar-refractivity contribution in [3.05, 3.63) is 83.8 Å². The highest BCUT2D eigenvalue weighted by atomic mass is 14.2. The van der Waals surface area contributed by atoms with E-state index in [4.69, 9.17) is 0 Å². The van der Waals surface area contributed by atoms with Crippen LogP contribution in [-0.4, -0.2) is 0 Å². The van der Waals surface area contributed by atoms with Crippen molar-refractivity contribution in [2.75, 3.05) is 0 Å². The molecule has 23 heavy (non-hydrogen) atoms. The van der Waals surface area contributed by atoms with E-state index < -0.39 is 0 Å². The molecule has 3 aromatic rings. The Labute approximate surface area is 138 Å². The molecule has 0 bridgehead atoms. The molecule has 0 heteroatoms. The Morgan fingerprint density at radius 3 is 2.48 bits per heavy atom. The third-order valence-electron chi connectivity index (χ3n) is 4.71. The van der Waals surface area contributed by atoms with Gasteiger partial charge in [-0.15, -0.1) is 0 Å². The Balaban J connectivity index is 1.85. The summed E-state index contributed by atoms with van der Waals surface area (Å²) in [6.07, 6.45) is 8.44. The van der Waals surface area contributed by atoms with Gasteiger partial charge in [0, 0.05) is 6.42 Å². The molecule has 0 fully saturated rings. The third kappa shape index (κ3) is 2.59. The van der Waals surface area contributed by atoms with Crippen molar-refractivity contribution in [3.8, 4) is 11.1 Å². The molecule has 0 spiro atoms. The number of hydrogen-bond donors (Lipinski definition) is 0. The quantitative estimate of drug-likeness (QED) is 0.506. The Morgan fingerprint density at radius 2 is 1.57 bits per heavy atom. The second-order valence-corrected chi connectivity index (χ2v) is 6.30. The first-order valence-corrected chi connectivity index (χ1v) is 8.53. The average molecular weight is 297 g/mol. The van der Waals surface area contributed by atoms with Gasteiger partial charge < -0.3 is 0 Å². The van der Waals surface area contributed by atoms with Crippen LogP contribution in [0.3, 0.4) is 0 Å². The molecule has 0 heterocycles. The Morgan fingerprint density at radius 1 is 0.783 bits per heavy atom. The summed E-state index contributed by atoms with van der Waals surface area (Å²) in [5.74, 6) is 0. The number of hydrogen-bond acceptors (Lipinski definition) is 0. The summed E-state index contributed by atoms with van der Waals surface area (Å²) in [5, 5.41) is 2.64. The van der Waals surface area contributed by atoms with Crippen molar-refractivity contribution in [2.24, 2.45) is 0 Å². The fourth-order valence-corrected chi connectivity index (χ4v) is 3.52. The zero-order chi connectivity index (χ0) is 15.6. The minimum Gasteiger partial charge on any atom is -0.0654 e. The van der Waals surface area contributed by atoms with E-state index in [2.05, 4.69) is 80.1 Å². The van der Waals surface area contributed by atoms with E-state index in [1.165, 1.54) is 57.9 Å². The summed E-state index contributed by atoms with van der Waals surface area (Å²) < 4.78 is 0. The molecular weight excluding hydrogens is 276 g/mol. The van der Waals surface area contributed by atoms with Crippen LogP contribution in [0.15, 0.2) is 66.2 Å². The van der Waals surface area contributed by atoms with Gasteiger partial charge in [-0.05, 0) is 45.9 Å². The Hall–Kier alpha value is -2.34. The van der Waals surface area contributed by atoms with Gasteiger partial charge in [-0.2, -0.15) is 0 Å². The normalized spacial score (nSPS) is 13.2. The lowest BCUT2D eigenvalue weighted by Gasteiger charge is -2.11. The topological polar surface area (TPSA) is 0 Å². The first-order valence-electron chi connectivity index (χ1n) is 8.53. The summed E-state index contributed by atoms with van der Waals surface area (Å²) in [6, 6.07) is 21.9. The first-order chi connectivity index (χ1) is 11.4. The minimum absolute atomic E-state index is 1.18. The van der Waals surface area contributed by atoms with E-state index in [1.54, 1.807) is 0 Å².